The van der Waals surface area contributed by atoms with Gasteiger partial charge in [-0.05, 0) is 18.3 Å². The van der Waals surface area contributed by atoms with E-state index in [-0.39, 0.29) is 24.0 Å². The van der Waals surface area contributed by atoms with Gasteiger partial charge in [0.1, 0.15) is 12.6 Å². The van der Waals surface area contributed by atoms with Gasteiger partial charge in [-0.25, -0.2) is 4.79 Å². The molecule has 0 heterocycles. The number of hydrogen-bond acceptors (Lipinski definition) is 5. The lowest BCUT2D eigenvalue weighted by atomic mass is 9.72. The SMILES string of the molecule is C=C(NCCOCCOCC(=O)NC(CCCC)C(=O)O)C(C)(C)CC(C)(C)CC. The van der Waals surface area contributed by atoms with Crippen molar-refractivity contribution in [2.24, 2.45) is 10.8 Å². The van der Waals surface area contributed by atoms with Gasteiger partial charge >= 0.3 is 5.97 Å². The van der Waals surface area contributed by atoms with Crippen molar-refractivity contribution < 1.29 is 24.2 Å². The molecule has 7 nitrogen and oxygen atoms in total. The van der Waals surface area contributed by atoms with Crippen molar-refractivity contribution in [2.45, 2.75) is 79.7 Å². The Bertz CT molecular complexity index is 532. The van der Waals surface area contributed by atoms with Crippen LogP contribution in [0.25, 0.3) is 0 Å². The highest BCUT2D eigenvalue weighted by molar-refractivity contribution is 5.84. The number of unbranched alkanes of at least 4 members (excludes halogenated alkanes) is 1. The lowest BCUT2D eigenvalue weighted by Crippen LogP contribution is -2.42. The average molecular weight is 429 g/mol. The van der Waals surface area contributed by atoms with Gasteiger partial charge in [-0.3, -0.25) is 4.79 Å². The molecule has 0 fully saturated rings. The van der Waals surface area contributed by atoms with Crippen LogP contribution in [-0.2, 0) is 19.1 Å². The number of hydrogen-bond donors (Lipinski definition) is 3. The zero-order chi connectivity index (χ0) is 23.2. The number of carbonyl (C=O) groups excluding carboxylic acids is 1. The molecule has 0 saturated heterocycles. The van der Waals surface area contributed by atoms with Crippen molar-refractivity contribution in [3.63, 3.8) is 0 Å². The second-order valence-electron chi connectivity index (χ2n) is 9.25. The molecule has 0 aliphatic rings. The predicted molar refractivity (Wildman–Crippen MR) is 120 cm³/mol. The summed E-state index contributed by atoms with van der Waals surface area (Å²) in [4.78, 5) is 22.9. The summed E-state index contributed by atoms with van der Waals surface area (Å²) >= 11 is 0. The summed E-state index contributed by atoms with van der Waals surface area (Å²) in [5.74, 6) is -1.44. The van der Waals surface area contributed by atoms with Crippen molar-refractivity contribution in [1.82, 2.24) is 10.6 Å². The molecule has 30 heavy (non-hydrogen) atoms. The highest BCUT2D eigenvalue weighted by atomic mass is 16.5. The molecule has 1 atom stereocenters. The van der Waals surface area contributed by atoms with Crippen molar-refractivity contribution in [2.75, 3.05) is 33.0 Å². The zero-order valence-electron chi connectivity index (χ0n) is 19.9. The minimum absolute atomic E-state index is 0.000915. The Morgan fingerprint density at radius 2 is 1.70 bits per heavy atom. The van der Waals surface area contributed by atoms with E-state index in [1.54, 1.807) is 0 Å². The van der Waals surface area contributed by atoms with Crippen LogP contribution < -0.4 is 10.6 Å². The monoisotopic (exact) mass is 428 g/mol. The smallest absolute Gasteiger partial charge is 0.326 e. The number of carbonyl (C=O) groups is 2. The molecule has 1 unspecified atom stereocenters. The van der Waals surface area contributed by atoms with Crippen LogP contribution in [0.1, 0.15) is 73.6 Å². The van der Waals surface area contributed by atoms with Gasteiger partial charge in [0.25, 0.3) is 0 Å². The summed E-state index contributed by atoms with van der Waals surface area (Å²) < 4.78 is 10.8. The quantitative estimate of drug-likeness (QED) is 0.288. The molecule has 0 rings (SSSR count). The summed E-state index contributed by atoms with van der Waals surface area (Å²) in [7, 11) is 0. The van der Waals surface area contributed by atoms with Crippen molar-refractivity contribution in [3.8, 4) is 0 Å². The van der Waals surface area contributed by atoms with Crippen LogP contribution in [-0.4, -0.2) is 56.0 Å². The van der Waals surface area contributed by atoms with E-state index in [1.807, 2.05) is 6.92 Å². The Kier molecular flexibility index (Phi) is 13.6. The van der Waals surface area contributed by atoms with Crippen LogP contribution in [0.4, 0.5) is 0 Å². The van der Waals surface area contributed by atoms with Gasteiger partial charge in [0.2, 0.25) is 5.91 Å². The normalized spacial score (nSPS) is 13.0. The molecular weight excluding hydrogens is 384 g/mol. The average Bonchev–Trinajstić information content (AvgIpc) is 2.65. The zero-order valence-corrected chi connectivity index (χ0v) is 19.9. The van der Waals surface area contributed by atoms with E-state index in [9.17, 15) is 9.59 Å². The first-order valence-corrected chi connectivity index (χ1v) is 11.1. The summed E-state index contributed by atoms with van der Waals surface area (Å²) in [5, 5.41) is 14.9. The maximum absolute atomic E-state index is 11.8. The molecular formula is C23H44N2O5. The van der Waals surface area contributed by atoms with Gasteiger partial charge in [0, 0.05) is 17.7 Å². The molecule has 176 valence electrons. The van der Waals surface area contributed by atoms with Crippen LogP contribution in [0.5, 0.6) is 0 Å². The minimum atomic E-state index is -1.02. The van der Waals surface area contributed by atoms with Crippen molar-refractivity contribution >= 4 is 11.9 Å². The van der Waals surface area contributed by atoms with Crippen LogP contribution in [0.2, 0.25) is 0 Å². The first kappa shape index (κ1) is 28.4. The summed E-state index contributed by atoms with van der Waals surface area (Å²) in [5.41, 5.74) is 1.28. The largest absolute Gasteiger partial charge is 0.480 e. The molecule has 0 spiro atoms. The fourth-order valence-electron chi connectivity index (χ4n) is 3.23. The lowest BCUT2D eigenvalue weighted by molar-refractivity contribution is -0.142. The fraction of sp³-hybridized carbons (Fsp3) is 0.826. The maximum atomic E-state index is 11.8. The maximum Gasteiger partial charge on any atom is 0.326 e. The highest BCUT2D eigenvalue weighted by Gasteiger charge is 2.29. The van der Waals surface area contributed by atoms with Crippen LogP contribution in [0.3, 0.4) is 0 Å². The van der Waals surface area contributed by atoms with E-state index in [2.05, 4.69) is 51.8 Å². The first-order chi connectivity index (χ1) is 13.9. The number of carboxylic acid groups (broad SMARTS) is 1. The molecule has 0 aromatic heterocycles. The highest BCUT2D eigenvalue weighted by Crippen LogP contribution is 2.39. The van der Waals surface area contributed by atoms with Crippen LogP contribution >= 0.6 is 0 Å². The second kappa shape index (κ2) is 14.4. The number of amides is 1. The number of rotatable bonds is 18. The van der Waals surface area contributed by atoms with E-state index in [0.717, 1.165) is 31.4 Å². The third-order valence-electron chi connectivity index (χ3n) is 5.36. The number of carboxylic acids is 1. The standard InChI is InChI=1S/C23H44N2O5/c1-8-10-11-19(21(27)28)25-20(26)16-30-15-14-29-13-12-24-18(3)23(6,7)17-22(4,5)9-2/h19,24H,3,8-17H2,1-2,4-7H3,(H,25,26)(H,27,28). The van der Waals surface area contributed by atoms with Crippen LogP contribution in [0.15, 0.2) is 12.3 Å². The second-order valence-corrected chi connectivity index (χ2v) is 9.25. The van der Waals surface area contributed by atoms with E-state index in [4.69, 9.17) is 14.6 Å². The van der Waals surface area contributed by atoms with Crippen LogP contribution in [0, 0.1) is 10.8 Å². The molecule has 0 aromatic rings. The van der Waals surface area contributed by atoms with Gasteiger partial charge in [-0.2, -0.15) is 0 Å². The van der Waals surface area contributed by atoms with E-state index in [0.29, 0.717) is 26.2 Å². The molecule has 7 heteroatoms. The Hall–Kier alpha value is -1.60. The summed E-state index contributed by atoms with van der Waals surface area (Å²) in [6, 6.07) is -0.858. The fourth-order valence-corrected chi connectivity index (χ4v) is 3.23. The van der Waals surface area contributed by atoms with Crippen molar-refractivity contribution in [1.29, 1.82) is 0 Å². The number of allylic oxidation sites excluding steroid dienone is 1. The summed E-state index contributed by atoms with van der Waals surface area (Å²) in [6.45, 7) is 19.0. The Morgan fingerprint density at radius 1 is 1.07 bits per heavy atom. The van der Waals surface area contributed by atoms with Gasteiger partial charge in [0.15, 0.2) is 0 Å². The van der Waals surface area contributed by atoms with Gasteiger partial charge in [-0.1, -0.05) is 67.4 Å². The molecule has 0 bridgehead atoms. The Balaban J connectivity index is 3.91. The Morgan fingerprint density at radius 3 is 2.27 bits per heavy atom. The molecule has 3 N–H and O–H groups in total. The van der Waals surface area contributed by atoms with E-state index in [1.165, 1.54) is 0 Å². The number of aliphatic carboxylic acids is 1. The predicted octanol–water partition coefficient (Wildman–Crippen LogP) is 3.74. The molecule has 0 radical (unpaired) electrons. The molecule has 0 aliphatic heterocycles. The van der Waals surface area contributed by atoms with E-state index < -0.39 is 17.9 Å². The minimum Gasteiger partial charge on any atom is -0.480 e. The molecule has 0 saturated carbocycles. The lowest BCUT2D eigenvalue weighted by Gasteiger charge is -2.36. The number of ether oxygens (including phenoxy) is 2. The molecule has 0 aromatic carbocycles. The summed E-state index contributed by atoms with van der Waals surface area (Å²) in [6.07, 6.45) is 4.23. The van der Waals surface area contributed by atoms with Gasteiger partial charge in [-0.15, -0.1) is 0 Å². The van der Waals surface area contributed by atoms with Gasteiger partial charge < -0.3 is 25.2 Å². The molecule has 0 aliphatic carbocycles. The first-order valence-electron chi connectivity index (χ1n) is 11.1. The van der Waals surface area contributed by atoms with Gasteiger partial charge in [0.05, 0.1) is 19.8 Å². The van der Waals surface area contributed by atoms with E-state index >= 15 is 0 Å². The van der Waals surface area contributed by atoms with Crippen molar-refractivity contribution in [3.05, 3.63) is 12.3 Å². The Labute approximate surface area is 183 Å². The third-order valence-corrected chi connectivity index (χ3v) is 5.36. The molecule has 1 amide bonds. The topological polar surface area (TPSA) is 96.9 Å². The number of nitrogens with one attached hydrogen (secondary N) is 2. The third kappa shape index (κ3) is 12.9.